The van der Waals surface area contributed by atoms with Crippen molar-refractivity contribution in [3.63, 3.8) is 0 Å². The van der Waals surface area contributed by atoms with Gasteiger partial charge in [-0.3, -0.25) is 0 Å². The number of benzene rings is 3. The van der Waals surface area contributed by atoms with Gasteiger partial charge in [-0.15, -0.1) is 0 Å². The Morgan fingerprint density at radius 3 is 2.35 bits per heavy atom. The average molecular weight is 305 g/mol. The van der Waals surface area contributed by atoms with Gasteiger partial charge < -0.3 is 10.4 Å². The number of hydrogen-bond acceptors (Lipinski definition) is 2. The van der Waals surface area contributed by atoms with E-state index in [1.807, 2.05) is 26.0 Å². The molecule has 0 heterocycles. The Morgan fingerprint density at radius 2 is 1.61 bits per heavy atom. The highest BCUT2D eigenvalue weighted by Crippen LogP contribution is 2.26. The second kappa shape index (κ2) is 6.43. The Balaban J connectivity index is 1.80. The first-order valence-corrected chi connectivity index (χ1v) is 8.06. The first-order valence-electron chi connectivity index (χ1n) is 8.06. The molecule has 2 nitrogen and oxygen atoms in total. The van der Waals surface area contributed by atoms with Crippen LogP contribution in [0.2, 0.25) is 0 Å². The van der Waals surface area contributed by atoms with Gasteiger partial charge in [0.15, 0.2) is 0 Å². The Hall–Kier alpha value is -2.32. The van der Waals surface area contributed by atoms with Crippen LogP contribution in [-0.4, -0.2) is 5.11 Å². The Morgan fingerprint density at radius 1 is 0.957 bits per heavy atom. The molecule has 0 unspecified atom stereocenters. The molecule has 0 aliphatic heterocycles. The van der Waals surface area contributed by atoms with E-state index in [9.17, 15) is 5.11 Å². The fourth-order valence-corrected chi connectivity index (χ4v) is 3.16. The molecular weight excluding hydrogens is 282 g/mol. The van der Waals surface area contributed by atoms with E-state index in [1.165, 1.54) is 21.9 Å². The van der Waals surface area contributed by atoms with Gasteiger partial charge in [0.2, 0.25) is 0 Å². The van der Waals surface area contributed by atoms with Crippen LogP contribution in [0.3, 0.4) is 0 Å². The van der Waals surface area contributed by atoms with Crippen molar-refractivity contribution >= 4 is 10.8 Å². The minimum atomic E-state index is 0.260. The number of phenolic OH excluding ortho intramolecular Hbond substituents is 1. The van der Waals surface area contributed by atoms with E-state index >= 15 is 0 Å². The van der Waals surface area contributed by atoms with Crippen LogP contribution in [0.1, 0.15) is 35.2 Å². The number of rotatable bonds is 4. The molecule has 3 rings (SSSR count). The molecule has 2 heteroatoms. The quantitative estimate of drug-likeness (QED) is 0.710. The summed E-state index contributed by atoms with van der Waals surface area (Å²) in [6, 6.07) is 19.3. The molecule has 0 aliphatic rings. The number of aromatic hydroxyl groups is 1. The zero-order chi connectivity index (χ0) is 16.4. The van der Waals surface area contributed by atoms with E-state index in [-0.39, 0.29) is 6.04 Å². The monoisotopic (exact) mass is 305 g/mol. The zero-order valence-electron chi connectivity index (χ0n) is 13.9. The van der Waals surface area contributed by atoms with Crippen molar-refractivity contribution in [2.45, 2.75) is 33.4 Å². The fraction of sp³-hybridized carbons (Fsp3) is 0.238. The molecule has 0 radical (unpaired) electrons. The van der Waals surface area contributed by atoms with Gasteiger partial charge in [-0.05, 0) is 53.8 Å². The smallest absolute Gasteiger partial charge is 0.121 e. The van der Waals surface area contributed by atoms with Gasteiger partial charge >= 0.3 is 0 Å². The van der Waals surface area contributed by atoms with Crippen molar-refractivity contribution in [1.29, 1.82) is 0 Å². The Labute approximate surface area is 137 Å². The van der Waals surface area contributed by atoms with Crippen LogP contribution in [0, 0.1) is 13.8 Å². The highest BCUT2D eigenvalue weighted by atomic mass is 16.3. The molecule has 2 N–H and O–H groups in total. The standard InChI is InChI=1S/C21H23NO/c1-14-11-17(12-15(2)21(14)23)13-22-16(3)19-10-6-8-18-7-4-5-9-20(18)19/h4-12,16,22-23H,13H2,1-3H3/t16-/m0/s1. The molecule has 0 aliphatic carbocycles. The predicted octanol–water partition coefficient (Wildman–Crippen LogP) is 5.01. The van der Waals surface area contributed by atoms with Gasteiger partial charge in [-0.25, -0.2) is 0 Å². The predicted molar refractivity (Wildman–Crippen MR) is 96.8 cm³/mol. The van der Waals surface area contributed by atoms with Crippen molar-refractivity contribution in [3.8, 4) is 5.75 Å². The molecule has 0 amide bonds. The van der Waals surface area contributed by atoms with E-state index in [0.717, 1.165) is 17.7 Å². The molecule has 0 saturated carbocycles. The topological polar surface area (TPSA) is 32.3 Å². The first-order chi connectivity index (χ1) is 11.1. The summed E-state index contributed by atoms with van der Waals surface area (Å²) in [5.74, 6) is 0.399. The summed E-state index contributed by atoms with van der Waals surface area (Å²) < 4.78 is 0. The second-order valence-electron chi connectivity index (χ2n) is 6.25. The first kappa shape index (κ1) is 15.6. The summed E-state index contributed by atoms with van der Waals surface area (Å²) in [7, 11) is 0. The van der Waals surface area contributed by atoms with Gasteiger partial charge in [0.1, 0.15) is 5.75 Å². The summed E-state index contributed by atoms with van der Waals surface area (Å²) in [6.07, 6.45) is 0. The summed E-state index contributed by atoms with van der Waals surface area (Å²) in [4.78, 5) is 0. The highest BCUT2D eigenvalue weighted by molar-refractivity contribution is 5.86. The number of hydrogen-bond donors (Lipinski definition) is 2. The summed E-state index contributed by atoms with van der Waals surface area (Å²) in [5, 5.41) is 16.1. The number of fused-ring (bicyclic) bond motifs is 1. The third-order valence-corrected chi connectivity index (χ3v) is 4.45. The van der Waals surface area contributed by atoms with E-state index in [1.54, 1.807) is 0 Å². The maximum atomic E-state index is 9.88. The second-order valence-corrected chi connectivity index (χ2v) is 6.25. The lowest BCUT2D eigenvalue weighted by molar-refractivity contribution is 0.466. The Kier molecular flexibility index (Phi) is 4.35. The van der Waals surface area contributed by atoms with Crippen molar-refractivity contribution in [3.05, 3.63) is 76.9 Å². The summed E-state index contributed by atoms with van der Waals surface area (Å²) in [6.45, 7) is 6.87. The number of nitrogens with one attached hydrogen (secondary N) is 1. The van der Waals surface area contributed by atoms with Crippen LogP contribution in [0.15, 0.2) is 54.6 Å². The molecule has 0 bridgehead atoms. The maximum absolute atomic E-state index is 9.88. The van der Waals surface area contributed by atoms with Crippen LogP contribution in [-0.2, 0) is 6.54 Å². The summed E-state index contributed by atoms with van der Waals surface area (Å²) in [5.41, 5.74) is 4.37. The van der Waals surface area contributed by atoms with E-state index in [2.05, 4.69) is 54.7 Å². The lowest BCUT2D eigenvalue weighted by Crippen LogP contribution is -2.18. The molecule has 1 atom stereocenters. The van der Waals surface area contributed by atoms with Gasteiger partial charge in [-0.2, -0.15) is 0 Å². The highest BCUT2D eigenvalue weighted by Gasteiger charge is 2.09. The number of aryl methyl sites for hydroxylation is 2. The molecule has 23 heavy (non-hydrogen) atoms. The zero-order valence-corrected chi connectivity index (χ0v) is 13.9. The van der Waals surface area contributed by atoms with E-state index < -0.39 is 0 Å². The molecule has 0 aromatic heterocycles. The normalized spacial score (nSPS) is 12.5. The fourth-order valence-electron chi connectivity index (χ4n) is 3.16. The molecule has 0 fully saturated rings. The molecular formula is C21H23NO. The van der Waals surface area contributed by atoms with Gasteiger partial charge in [0.05, 0.1) is 0 Å². The van der Waals surface area contributed by atoms with Crippen molar-refractivity contribution < 1.29 is 5.11 Å². The van der Waals surface area contributed by atoms with Crippen molar-refractivity contribution in [2.24, 2.45) is 0 Å². The van der Waals surface area contributed by atoms with E-state index in [0.29, 0.717) is 5.75 Å². The molecule has 0 saturated heterocycles. The van der Waals surface area contributed by atoms with Crippen molar-refractivity contribution in [1.82, 2.24) is 5.32 Å². The largest absolute Gasteiger partial charge is 0.507 e. The third-order valence-electron chi connectivity index (χ3n) is 4.45. The average Bonchev–Trinajstić information content (AvgIpc) is 2.57. The van der Waals surface area contributed by atoms with Crippen LogP contribution in [0.4, 0.5) is 0 Å². The van der Waals surface area contributed by atoms with Gasteiger partial charge in [0, 0.05) is 12.6 Å². The van der Waals surface area contributed by atoms with Gasteiger partial charge in [0.25, 0.3) is 0 Å². The molecule has 3 aromatic carbocycles. The molecule has 0 spiro atoms. The lowest BCUT2D eigenvalue weighted by Gasteiger charge is -2.17. The van der Waals surface area contributed by atoms with Gasteiger partial charge in [-0.1, -0.05) is 54.6 Å². The minimum Gasteiger partial charge on any atom is -0.507 e. The van der Waals surface area contributed by atoms with Crippen molar-refractivity contribution in [2.75, 3.05) is 0 Å². The molecule has 3 aromatic rings. The minimum absolute atomic E-state index is 0.260. The number of phenols is 1. The Bertz CT molecular complexity index is 810. The molecule has 118 valence electrons. The SMILES string of the molecule is Cc1cc(CN[C@@H](C)c2cccc3ccccc23)cc(C)c1O. The van der Waals surface area contributed by atoms with Crippen LogP contribution >= 0.6 is 0 Å². The van der Waals surface area contributed by atoms with Crippen LogP contribution in [0.5, 0.6) is 5.75 Å². The van der Waals surface area contributed by atoms with E-state index in [4.69, 9.17) is 0 Å². The third kappa shape index (κ3) is 3.22. The summed E-state index contributed by atoms with van der Waals surface area (Å²) >= 11 is 0. The lowest BCUT2D eigenvalue weighted by atomic mass is 9.99. The maximum Gasteiger partial charge on any atom is 0.121 e. The van der Waals surface area contributed by atoms with Crippen LogP contribution in [0.25, 0.3) is 10.8 Å². The van der Waals surface area contributed by atoms with Crippen LogP contribution < -0.4 is 5.32 Å².